The van der Waals surface area contributed by atoms with Gasteiger partial charge in [-0.05, 0) is 42.2 Å². The van der Waals surface area contributed by atoms with Crippen molar-refractivity contribution in [2.24, 2.45) is 22.7 Å². The zero-order valence-corrected chi connectivity index (χ0v) is 17.6. The second-order valence-corrected chi connectivity index (χ2v) is 9.79. The number of hydrogen-bond donors (Lipinski definition) is 2. The van der Waals surface area contributed by atoms with Gasteiger partial charge in [-0.3, -0.25) is 4.90 Å². The maximum absolute atomic E-state index is 9.65. The van der Waals surface area contributed by atoms with Crippen molar-refractivity contribution in [3.8, 4) is 0 Å². The Morgan fingerprint density at radius 1 is 1.19 bits per heavy atom. The Kier molecular flexibility index (Phi) is 7.69. The van der Waals surface area contributed by atoms with Gasteiger partial charge in [-0.1, -0.05) is 65.0 Å². The van der Waals surface area contributed by atoms with Crippen LogP contribution < -0.4 is 5.32 Å². The van der Waals surface area contributed by atoms with Crippen LogP contribution in [0.3, 0.4) is 0 Å². The maximum atomic E-state index is 9.65. The van der Waals surface area contributed by atoms with Gasteiger partial charge in [0.15, 0.2) is 0 Å². The summed E-state index contributed by atoms with van der Waals surface area (Å²) in [6.07, 6.45) is 2.33. The van der Waals surface area contributed by atoms with Gasteiger partial charge in [0.1, 0.15) is 0 Å². The Labute approximate surface area is 161 Å². The fraction of sp³-hybridized carbons (Fsp3) is 0.739. The summed E-state index contributed by atoms with van der Waals surface area (Å²) in [6.45, 7) is 17.2. The lowest BCUT2D eigenvalue weighted by Crippen LogP contribution is -2.47. The van der Waals surface area contributed by atoms with Crippen molar-refractivity contribution < 1.29 is 5.11 Å². The normalized spacial score (nSPS) is 22.9. The van der Waals surface area contributed by atoms with Crippen LogP contribution in [0.15, 0.2) is 30.3 Å². The van der Waals surface area contributed by atoms with E-state index in [1.54, 1.807) is 0 Å². The van der Waals surface area contributed by atoms with E-state index < -0.39 is 0 Å². The highest BCUT2D eigenvalue weighted by Crippen LogP contribution is 2.45. The molecule has 0 spiro atoms. The van der Waals surface area contributed by atoms with Crippen molar-refractivity contribution in [3.63, 3.8) is 0 Å². The number of likely N-dealkylation sites (tertiary alicyclic amines) is 1. The molecule has 1 aliphatic heterocycles. The number of benzene rings is 1. The molecule has 1 fully saturated rings. The minimum absolute atomic E-state index is 0.262. The van der Waals surface area contributed by atoms with E-state index in [-0.39, 0.29) is 12.0 Å². The molecule has 0 radical (unpaired) electrons. The number of nitrogens with one attached hydrogen (secondary N) is 1. The van der Waals surface area contributed by atoms with E-state index in [0.717, 1.165) is 32.6 Å². The summed E-state index contributed by atoms with van der Waals surface area (Å²) in [7, 11) is 0. The summed E-state index contributed by atoms with van der Waals surface area (Å²) in [5.74, 6) is 1.01. The minimum Gasteiger partial charge on any atom is -0.396 e. The molecule has 3 nitrogen and oxygen atoms in total. The molecule has 2 unspecified atom stereocenters. The fourth-order valence-corrected chi connectivity index (χ4v) is 4.36. The topological polar surface area (TPSA) is 35.5 Å². The van der Waals surface area contributed by atoms with Crippen molar-refractivity contribution in [1.29, 1.82) is 0 Å². The third kappa shape index (κ3) is 5.80. The average molecular weight is 361 g/mol. The van der Waals surface area contributed by atoms with Gasteiger partial charge in [0, 0.05) is 38.2 Å². The first-order valence-corrected chi connectivity index (χ1v) is 10.3. The van der Waals surface area contributed by atoms with Crippen molar-refractivity contribution in [3.05, 3.63) is 35.9 Å². The summed E-state index contributed by atoms with van der Waals surface area (Å²) in [4.78, 5) is 2.61. The summed E-state index contributed by atoms with van der Waals surface area (Å²) < 4.78 is 0. The van der Waals surface area contributed by atoms with Crippen LogP contribution in [0.2, 0.25) is 0 Å². The van der Waals surface area contributed by atoms with Crippen LogP contribution in [0, 0.1) is 22.7 Å². The molecule has 1 heterocycles. The van der Waals surface area contributed by atoms with Gasteiger partial charge in [0.2, 0.25) is 0 Å². The summed E-state index contributed by atoms with van der Waals surface area (Å²) >= 11 is 0. The van der Waals surface area contributed by atoms with E-state index in [0.29, 0.717) is 17.3 Å². The lowest BCUT2D eigenvalue weighted by Gasteiger charge is -2.42. The quantitative estimate of drug-likeness (QED) is 0.694. The molecule has 2 atom stereocenters. The van der Waals surface area contributed by atoms with Crippen LogP contribution in [-0.2, 0) is 6.54 Å². The molecule has 1 saturated heterocycles. The van der Waals surface area contributed by atoms with Gasteiger partial charge in [0.25, 0.3) is 0 Å². The number of hydrogen-bond acceptors (Lipinski definition) is 3. The average Bonchev–Trinajstić information content (AvgIpc) is 2.98. The highest BCUT2D eigenvalue weighted by Gasteiger charge is 2.46. The van der Waals surface area contributed by atoms with Crippen molar-refractivity contribution in [2.45, 2.75) is 54.0 Å². The van der Waals surface area contributed by atoms with Crippen LogP contribution in [0.4, 0.5) is 0 Å². The van der Waals surface area contributed by atoms with Crippen LogP contribution in [0.25, 0.3) is 0 Å². The minimum atomic E-state index is 0.262. The van der Waals surface area contributed by atoms with Crippen molar-refractivity contribution in [2.75, 3.05) is 32.8 Å². The first-order valence-electron chi connectivity index (χ1n) is 10.3. The van der Waals surface area contributed by atoms with Gasteiger partial charge in [-0.25, -0.2) is 0 Å². The van der Waals surface area contributed by atoms with E-state index in [1.165, 1.54) is 18.5 Å². The largest absolute Gasteiger partial charge is 0.396 e. The molecule has 1 aliphatic rings. The first kappa shape index (κ1) is 21.4. The van der Waals surface area contributed by atoms with Crippen molar-refractivity contribution >= 4 is 0 Å². The Morgan fingerprint density at radius 3 is 2.46 bits per heavy atom. The molecular formula is C23H40N2O. The molecule has 26 heavy (non-hydrogen) atoms. The first-order chi connectivity index (χ1) is 12.3. The van der Waals surface area contributed by atoms with Crippen LogP contribution >= 0.6 is 0 Å². The Morgan fingerprint density at radius 2 is 1.88 bits per heavy atom. The number of rotatable bonds is 9. The highest BCUT2D eigenvalue weighted by atomic mass is 16.3. The fourth-order valence-electron chi connectivity index (χ4n) is 4.36. The molecule has 1 aromatic rings. The molecule has 2 N–H and O–H groups in total. The zero-order chi connectivity index (χ0) is 19.2. The summed E-state index contributed by atoms with van der Waals surface area (Å²) in [5, 5.41) is 13.4. The molecule has 0 amide bonds. The Bertz CT molecular complexity index is 523. The number of aliphatic hydroxyl groups is 1. The predicted molar refractivity (Wildman–Crippen MR) is 111 cm³/mol. The standard InChI is InChI=1S/C23H40N2O/c1-19(2)13-21(16-26)14-24-17-23(22(3,4)5)11-12-25(18-23)15-20-9-7-6-8-10-20/h6-10,19,21,24,26H,11-18H2,1-5H3. The third-order valence-electron chi connectivity index (χ3n) is 6.23. The van der Waals surface area contributed by atoms with Crippen LogP contribution in [-0.4, -0.2) is 42.8 Å². The molecule has 0 aliphatic carbocycles. The van der Waals surface area contributed by atoms with Gasteiger partial charge >= 0.3 is 0 Å². The smallest absolute Gasteiger partial charge is 0.0471 e. The zero-order valence-electron chi connectivity index (χ0n) is 17.6. The lowest BCUT2D eigenvalue weighted by atomic mass is 9.66. The summed E-state index contributed by atoms with van der Waals surface area (Å²) in [6, 6.07) is 10.8. The van der Waals surface area contributed by atoms with E-state index in [9.17, 15) is 5.11 Å². The molecule has 148 valence electrons. The van der Waals surface area contributed by atoms with Crippen LogP contribution in [0.1, 0.15) is 53.0 Å². The summed E-state index contributed by atoms with van der Waals surface area (Å²) in [5.41, 5.74) is 1.96. The predicted octanol–water partition coefficient (Wildman–Crippen LogP) is 4.17. The second kappa shape index (κ2) is 9.34. The highest BCUT2D eigenvalue weighted by molar-refractivity contribution is 5.15. The van der Waals surface area contributed by atoms with Crippen molar-refractivity contribution in [1.82, 2.24) is 10.2 Å². The van der Waals surface area contributed by atoms with E-state index >= 15 is 0 Å². The van der Waals surface area contributed by atoms with Gasteiger partial charge < -0.3 is 10.4 Å². The third-order valence-corrected chi connectivity index (χ3v) is 6.23. The SMILES string of the molecule is CC(C)CC(CO)CNCC1(C(C)(C)C)CCN(Cc2ccccc2)C1. The van der Waals surface area contributed by atoms with E-state index in [2.05, 4.69) is 75.2 Å². The molecule has 2 rings (SSSR count). The van der Waals surface area contributed by atoms with Gasteiger partial charge in [-0.2, -0.15) is 0 Å². The second-order valence-electron chi connectivity index (χ2n) is 9.79. The van der Waals surface area contributed by atoms with Crippen LogP contribution in [0.5, 0.6) is 0 Å². The molecular weight excluding hydrogens is 320 g/mol. The molecule has 0 aromatic heterocycles. The molecule has 0 saturated carbocycles. The van der Waals surface area contributed by atoms with E-state index in [4.69, 9.17) is 0 Å². The Hall–Kier alpha value is -0.900. The van der Waals surface area contributed by atoms with Gasteiger partial charge in [-0.15, -0.1) is 0 Å². The van der Waals surface area contributed by atoms with Gasteiger partial charge in [0.05, 0.1) is 0 Å². The maximum Gasteiger partial charge on any atom is 0.0471 e. The monoisotopic (exact) mass is 360 g/mol. The number of aliphatic hydroxyl groups excluding tert-OH is 1. The molecule has 3 heteroatoms. The number of nitrogens with zero attached hydrogens (tertiary/aromatic N) is 1. The Balaban J connectivity index is 1.94. The lowest BCUT2D eigenvalue weighted by molar-refractivity contribution is 0.0862. The molecule has 1 aromatic carbocycles. The molecule has 0 bridgehead atoms. The van der Waals surface area contributed by atoms with E-state index in [1.807, 2.05) is 0 Å².